The summed E-state index contributed by atoms with van der Waals surface area (Å²) < 4.78 is 17.9. The van der Waals surface area contributed by atoms with E-state index in [0.717, 1.165) is 28.0 Å². The summed E-state index contributed by atoms with van der Waals surface area (Å²) in [4.78, 5) is 11.3. The SMILES string of the molecule is CCOC(=O)N/N=C\c1cn(CCOc2cccc(OC)c2)c2ccccc12. The van der Waals surface area contributed by atoms with Crippen molar-refractivity contribution in [2.75, 3.05) is 20.3 Å². The van der Waals surface area contributed by atoms with Crippen LogP contribution in [0.5, 0.6) is 11.5 Å². The van der Waals surface area contributed by atoms with Gasteiger partial charge >= 0.3 is 6.09 Å². The van der Waals surface area contributed by atoms with Crippen molar-refractivity contribution in [1.29, 1.82) is 0 Å². The number of aromatic nitrogens is 1. The molecule has 7 heteroatoms. The minimum atomic E-state index is -0.575. The molecule has 146 valence electrons. The van der Waals surface area contributed by atoms with E-state index in [-0.39, 0.29) is 0 Å². The third kappa shape index (κ3) is 4.82. The molecule has 7 nitrogen and oxygen atoms in total. The summed E-state index contributed by atoms with van der Waals surface area (Å²) in [5, 5.41) is 5.00. The van der Waals surface area contributed by atoms with Gasteiger partial charge in [-0.25, -0.2) is 10.2 Å². The van der Waals surface area contributed by atoms with Crippen molar-refractivity contribution < 1.29 is 19.0 Å². The Kier molecular flexibility index (Phi) is 6.51. The van der Waals surface area contributed by atoms with E-state index in [4.69, 9.17) is 14.2 Å². The quantitative estimate of drug-likeness (QED) is 0.476. The van der Waals surface area contributed by atoms with Gasteiger partial charge in [-0.1, -0.05) is 24.3 Å². The fraction of sp³-hybridized carbons (Fsp3) is 0.238. The maximum absolute atomic E-state index is 11.3. The van der Waals surface area contributed by atoms with Gasteiger partial charge in [0.1, 0.15) is 18.1 Å². The summed E-state index contributed by atoms with van der Waals surface area (Å²) in [5.41, 5.74) is 4.31. The van der Waals surface area contributed by atoms with Crippen LogP contribution in [0.25, 0.3) is 10.9 Å². The minimum absolute atomic E-state index is 0.300. The number of carbonyl (C=O) groups is 1. The summed E-state index contributed by atoms with van der Waals surface area (Å²) in [6.45, 7) is 3.21. The zero-order valence-electron chi connectivity index (χ0n) is 15.9. The first-order valence-corrected chi connectivity index (χ1v) is 9.02. The van der Waals surface area contributed by atoms with Crippen LogP contribution >= 0.6 is 0 Å². The molecule has 1 amide bonds. The van der Waals surface area contributed by atoms with Crippen LogP contribution in [0.1, 0.15) is 12.5 Å². The third-order valence-electron chi connectivity index (χ3n) is 4.10. The highest BCUT2D eigenvalue weighted by Gasteiger charge is 2.07. The fourth-order valence-corrected chi connectivity index (χ4v) is 2.83. The summed E-state index contributed by atoms with van der Waals surface area (Å²) >= 11 is 0. The molecular formula is C21H23N3O4. The van der Waals surface area contributed by atoms with Gasteiger partial charge in [0.2, 0.25) is 0 Å². The number of fused-ring (bicyclic) bond motifs is 1. The van der Waals surface area contributed by atoms with Gasteiger partial charge in [0.25, 0.3) is 0 Å². The lowest BCUT2D eigenvalue weighted by molar-refractivity contribution is 0.152. The smallest absolute Gasteiger partial charge is 0.427 e. The average Bonchev–Trinajstić information content (AvgIpc) is 3.06. The van der Waals surface area contributed by atoms with Gasteiger partial charge in [-0.15, -0.1) is 0 Å². The molecule has 2 aromatic carbocycles. The molecule has 0 radical (unpaired) electrons. The zero-order chi connectivity index (χ0) is 19.8. The molecule has 0 spiro atoms. The Morgan fingerprint density at radius 1 is 1.18 bits per heavy atom. The molecule has 0 bridgehead atoms. The van der Waals surface area contributed by atoms with E-state index >= 15 is 0 Å². The summed E-state index contributed by atoms with van der Waals surface area (Å²) in [6, 6.07) is 15.5. The lowest BCUT2D eigenvalue weighted by Gasteiger charge is -2.09. The Morgan fingerprint density at radius 3 is 2.82 bits per heavy atom. The second-order valence-electron chi connectivity index (χ2n) is 5.91. The predicted molar refractivity (Wildman–Crippen MR) is 108 cm³/mol. The van der Waals surface area contributed by atoms with Gasteiger partial charge in [-0.3, -0.25) is 0 Å². The van der Waals surface area contributed by atoms with Crippen molar-refractivity contribution in [3.63, 3.8) is 0 Å². The normalized spacial score (nSPS) is 10.9. The Labute approximate surface area is 163 Å². The van der Waals surface area contributed by atoms with E-state index in [2.05, 4.69) is 15.1 Å². The molecule has 0 unspecified atom stereocenters. The molecule has 0 aliphatic carbocycles. The van der Waals surface area contributed by atoms with Gasteiger partial charge in [-0.2, -0.15) is 5.10 Å². The number of rotatable bonds is 8. The predicted octanol–water partition coefficient (Wildman–Crippen LogP) is 3.81. The Morgan fingerprint density at radius 2 is 2.00 bits per heavy atom. The van der Waals surface area contributed by atoms with Gasteiger partial charge in [0, 0.05) is 28.7 Å². The first-order valence-electron chi connectivity index (χ1n) is 9.02. The number of ether oxygens (including phenoxy) is 3. The number of methoxy groups -OCH3 is 1. The number of benzene rings is 2. The number of hydrazone groups is 1. The first-order chi connectivity index (χ1) is 13.7. The molecule has 0 atom stereocenters. The molecular weight excluding hydrogens is 358 g/mol. The van der Waals surface area contributed by atoms with Crippen LogP contribution in [0.2, 0.25) is 0 Å². The van der Waals surface area contributed by atoms with Crippen LogP contribution in [0.3, 0.4) is 0 Å². The molecule has 1 aromatic heterocycles. The van der Waals surface area contributed by atoms with Gasteiger partial charge in [0.15, 0.2) is 0 Å². The van der Waals surface area contributed by atoms with E-state index in [1.54, 1.807) is 20.2 Å². The Hall–Kier alpha value is -3.48. The van der Waals surface area contributed by atoms with E-state index in [9.17, 15) is 4.79 Å². The lowest BCUT2D eigenvalue weighted by atomic mass is 10.2. The molecule has 3 aromatic rings. The first kappa shape index (κ1) is 19.3. The Balaban J connectivity index is 1.69. The van der Waals surface area contributed by atoms with Crippen LogP contribution in [0, 0.1) is 0 Å². The summed E-state index contributed by atoms with van der Waals surface area (Å²) in [5.74, 6) is 1.52. The number of nitrogens with zero attached hydrogens (tertiary/aromatic N) is 2. The second kappa shape index (κ2) is 9.45. The molecule has 3 rings (SSSR count). The molecule has 1 N–H and O–H groups in total. The average molecular weight is 381 g/mol. The van der Waals surface area contributed by atoms with Crippen LogP contribution in [-0.2, 0) is 11.3 Å². The van der Waals surface area contributed by atoms with Crippen molar-refractivity contribution in [3.8, 4) is 11.5 Å². The number of nitrogens with one attached hydrogen (secondary N) is 1. The number of hydrogen-bond acceptors (Lipinski definition) is 5. The van der Waals surface area contributed by atoms with Crippen LogP contribution < -0.4 is 14.9 Å². The van der Waals surface area contributed by atoms with Gasteiger partial charge < -0.3 is 18.8 Å². The molecule has 0 fully saturated rings. The number of hydrogen-bond donors (Lipinski definition) is 1. The molecule has 0 aliphatic rings. The molecule has 0 saturated carbocycles. The Bertz CT molecular complexity index is 965. The lowest BCUT2D eigenvalue weighted by Crippen LogP contribution is -2.18. The molecule has 28 heavy (non-hydrogen) atoms. The highest BCUT2D eigenvalue weighted by atomic mass is 16.5. The number of amides is 1. The van der Waals surface area contributed by atoms with E-state index in [1.807, 2.05) is 54.7 Å². The summed E-state index contributed by atoms with van der Waals surface area (Å²) in [7, 11) is 1.63. The van der Waals surface area contributed by atoms with Crippen molar-refractivity contribution in [3.05, 3.63) is 60.3 Å². The fourth-order valence-electron chi connectivity index (χ4n) is 2.83. The topological polar surface area (TPSA) is 74.1 Å². The summed E-state index contributed by atoms with van der Waals surface area (Å²) in [6.07, 6.45) is 3.02. The van der Waals surface area contributed by atoms with Crippen LogP contribution in [0.4, 0.5) is 4.79 Å². The van der Waals surface area contributed by atoms with E-state index < -0.39 is 6.09 Å². The van der Waals surface area contributed by atoms with Crippen molar-refractivity contribution >= 4 is 23.2 Å². The van der Waals surface area contributed by atoms with Crippen LogP contribution in [-0.4, -0.2) is 37.2 Å². The largest absolute Gasteiger partial charge is 0.497 e. The highest BCUT2D eigenvalue weighted by Crippen LogP contribution is 2.21. The highest BCUT2D eigenvalue weighted by molar-refractivity contribution is 5.99. The van der Waals surface area contributed by atoms with Crippen molar-refractivity contribution in [2.45, 2.75) is 13.5 Å². The molecule has 0 saturated heterocycles. The molecule has 0 aliphatic heterocycles. The third-order valence-corrected chi connectivity index (χ3v) is 4.10. The van der Waals surface area contributed by atoms with Gasteiger partial charge in [0.05, 0.1) is 26.5 Å². The number of para-hydroxylation sites is 1. The monoisotopic (exact) mass is 381 g/mol. The zero-order valence-corrected chi connectivity index (χ0v) is 15.9. The van der Waals surface area contributed by atoms with E-state index in [1.165, 1.54) is 0 Å². The van der Waals surface area contributed by atoms with Crippen LogP contribution in [0.15, 0.2) is 59.8 Å². The second-order valence-corrected chi connectivity index (χ2v) is 5.91. The standard InChI is InChI=1S/C21H23N3O4/c1-3-27-21(25)23-22-14-16-15-24(20-10-5-4-9-19(16)20)11-12-28-18-8-6-7-17(13-18)26-2/h4-10,13-15H,3,11-12H2,1-2H3,(H,23,25)/b22-14-. The van der Waals surface area contributed by atoms with Crippen molar-refractivity contribution in [2.24, 2.45) is 5.10 Å². The van der Waals surface area contributed by atoms with Crippen molar-refractivity contribution in [1.82, 2.24) is 9.99 Å². The molecule has 1 heterocycles. The maximum Gasteiger partial charge on any atom is 0.427 e. The van der Waals surface area contributed by atoms with Gasteiger partial charge in [-0.05, 0) is 25.1 Å². The number of carbonyl (C=O) groups excluding carboxylic acids is 1. The maximum atomic E-state index is 11.3. The minimum Gasteiger partial charge on any atom is -0.497 e. The van der Waals surface area contributed by atoms with E-state index in [0.29, 0.717) is 19.8 Å².